The normalized spacial score (nSPS) is 9.40. The Kier molecular flexibility index (Phi) is 2.25. The lowest BCUT2D eigenvalue weighted by atomic mass is 10.3. The molecule has 0 aliphatic rings. The second-order valence-electron chi connectivity index (χ2n) is 1.88. The number of para-hydroxylation sites is 1. The van der Waals surface area contributed by atoms with Crippen LogP contribution in [0, 0.1) is 0 Å². The average Bonchev–Trinajstić information content (AvgIpc) is 2.05. The fourth-order valence-corrected chi connectivity index (χ4v) is 0.682. The van der Waals surface area contributed by atoms with Crippen LogP contribution in [0.15, 0.2) is 30.3 Å². The Balaban J connectivity index is 2.75. The number of hydrogen-bond donors (Lipinski definition) is 2. The van der Waals surface area contributed by atoms with Crippen LogP contribution in [-0.2, 0) is 0 Å². The highest BCUT2D eigenvalue weighted by Gasteiger charge is 1.96. The van der Waals surface area contributed by atoms with Gasteiger partial charge in [-0.05, 0) is 12.1 Å². The Hall–Kier alpha value is -1.06. The van der Waals surface area contributed by atoms with Crippen molar-refractivity contribution in [3.05, 3.63) is 30.3 Å². The summed E-state index contributed by atoms with van der Waals surface area (Å²) >= 11 is 0. The predicted octanol–water partition coefficient (Wildman–Crippen LogP) is 0.832. The summed E-state index contributed by atoms with van der Waals surface area (Å²) in [4.78, 5) is 0. The van der Waals surface area contributed by atoms with Gasteiger partial charge in [-0.3, -0.25) is 5.21 Å². The molecule has 3 heteroatoms. The lowest BCUT2D eigenvalue weighted by Crippen LogP contribution is -2.18. The maximum Gasteiger partial charge on any atom is 0.140 e. The average molecular weight is 139 g/mol. The Morgan fingerprint density at radius 2 is 1.80 bits per heavy atom. The molecule has 0 aromatic heterocycles. The van der Waals surface area contributed by atoms with E-state index in [0.717, 1.165) is 5.06 Å². The van der Waals surface area contributed by atoms with Crippen molar-refractivity contribution >= 4 is 5.69 Å². The number of anilines is 1. The summed E-state index contributed by atoms with van der Waals surface area (Å²) in [5, 5.41) is 18.1. The van der Waals surface area contributed by atoms with Gasteiger partial charge < -0.3 is 5.11 Å². The van der Waals surface area contributed by atoms with Gasteiger partial charge in [0.05, 0.1) is 5.69 Å². The van der Waals surface area contributed by atoms with Crippen LogP contribution < -0.4 is 5.06 Å². The highest BCUT2D eigenvalue weighted by atomic mass is 16.5. The van der Waals surface area contributed by atoms with E-state index in [2.05, 4.69) is 0 Å². The van der Waals surface area contributed by atoms with Gasteiger partial charge in [0, 0.05) is 0 Å². The van der Waals surface area contributed by atoms with Gasteiger partial charge in [0.15, 0.2) is 0 Å². The van der Waals surface area contributed by atoms with Gasteiger partial charge in [0.1, 0.15) is 6.73 Å². The van der Waals surface area contributed by atoms with Crippen molar-refractivity contribution < 1.29 is 10.3 Å². The molecule has 1 aromatic carbocycles. The summed E-state index contributed by atoms with van der Waals surface area (Å²) in [5.74, 6) is 0. The number of aliphatic hydroxyl groups is 1. The maximum atomic E-state index is 8.91. The van der Waals surface area contributed by atoms with Gasteiger partial charge in [-0.15, -0.1) is 0 Å². The third kappa shape index (κ3) is 1.46. The molecular weight excluding hydrogens is 130 g/mol. The molecule has 0 saturated heterocycles. The first kappa shape index (κ1) is 7.05. The maximum absolute atomic E-state index is 8.91. The molecule has 2 N–H and O–H groups in total. The molecule has 0 heterocycles. The second kappa shape index (κ2) is 3.20. The topological polar surface area (TPSA) is 43.7 Å². The number of benzene rings is 1. The van der Waals surface area contributed by atoms with Gasteiger partial charge in [0.2, 0.25) is 0 Å². The molecule has 0 atom stereocenters. The van der Waals surface area contributed by atoms with Gasteiger partial charge >= 0.3 is 0 Å². The minimum absolute atomic E-state index is 0.385. The van der Waals surface area contributed by atoms with E-state index in [0.29, 0.717) is 5.69 Å². The van der Waals surface area contributed by atoms with Gasteiger partial charge in [-0.25, -0.2) is 5.06 Å². The Labute approximate surface area is 59.1 Å². The molecule has 3 nitrogen and oxygen atoms in total. The minimum atomic E-state index is -0.385. The number of nitrogens with zero attached hydrogens (tertiary/aromatic N) is 1. The molecular formula is C7H9NO2. The van der Waals surface area contributed by atoms with E-state index in [-0.39, 0.29) is 6.73 Å². The minimum Gasteiger partial charge on any atom is -0.374 e. The molecule has 0 bridgehead atoms. The molecule has 0 aliphatic carbocycles. The number of aliphatic hydroxyl groups excluding tert-OH is 1. The van der Waals surface area contributed by atoms with Crippen LogP contribution in [0.1, 0.15) is 0 Å². The third-order valence-electron chi connectivity index (χ3n) is 1.19. The molecule has 0 amide bonds. The van der Waals surface area contributed by atoms with Crippen molar-refractivity contribution in [1.82, 2.24) is 0 Å². The number of hydrogen-bond acceptors (Lipinski definition) is 3. The van der Waals surface area contributed by atoms with Gasteiger partial charge in [-0.1, -0.05) is 18.2 Å². The van der Waals surface area contributed by atoms with E-state index in [1.807, 2.05) is 6.07 Å². The molecule has 54 valence electrons. The van der Waals surface area contributed by atoms with Gasteiger partial charge in [-0.2, -0.15) is 0 Å². The molecule has 1 rings (SSSR count). The first-order valence-electron chi connectivity index (χ1n) is 2.97. The molecule has 0 unspecified atom stereocenters. The molecule has 10 heavy (non-hydrogen) atoms. The van der Waals surface area contributed by atoms with Crippen LogP contribution in [0.3, 0.4) is 0 Å². The highest BCUT2D eigenvalue weighted by molar-refractivity contribution is 5.42. The van der Waals surface area contributed by atoms with E-state index >= 15 is 0 Å². The molecule has 0 radical (unpaired) electrons. The lowest BCUT2D eigenvalue weighted by molar-refractivity contribution is 0.151. The summed E-state index contributed by atoms with van der Waals surface area (Å²) in [6.45, 7) is -0.385. The van der Waals surface area contributed by atoms with Crippen molar-refractivity contribution in [3.63, 3.8) is 0 Å². The van der Waals surface area contributed by atoms with E-state index in [1.165, 1.54) is 0 Å². The Bertz CT molecular complexity index is 188. The number of hydroxylamine groups is 1. The van der Waals surface area contributed by atoms with E-state index in [1.54, 1.807) is 24.3 Å². The zero-order valence-electron chi connectivity index (χ0n) is 5.44. The van der Waals surface area contributed by atoms with Crippen LogP contribution in [0.4, 0.5) is 5.69 Å². The Morgan fingerprint density at radius 1 is 1.20 bits per heavy atom. The van der Waals surface area contributed by atoms with Crippen molar-refractivity contribution in [2.45, 2.75) is 0 Å². The van der Waals surface area contributed by atoms with Crippen molar-refractivity contribution in [3.8, 4) is 0 Å². The predicted molar refractivity (Wildman–Crippen MR) is 37.8 cm³/mol. The third-order valence-corrected chi connectivity index (χ3v) is 1.19. The Morgan fingerprint density at radius 3 is 2.30 bits per heavy atom. The summed E-state index contributed by atoms with van der Waals surface area (Å²) < 4.78 is 0. The molecule has 1 aromatic rings. The van der Waals surface area contributed by atoms with Crippen LogP contribution >= 0.6 is 0 Å². The van der Waals surface area contributed by atoms with Gasteiger partial charge in [0.25, 0.3) is 0 Å². The first-order valence-corrected chi connectivity index (χ1v) is 2.97. The molecule has 0 spiro atoms. The van der Waals surface area contributed by atoms with E-state index in [9.17, 15) is 0 Å². The lowest BCUT2D eigenvalue weighted by Gasteiger charge is -2.11. The summed E-state index contributed by atoms with van der Waals surface area (Å²) in [7, 11) is 0. The smallest absolute Gasteiger partial charge is 0.140 e. The van der Waals surface area contributed by atoms with Crippen molar-refractivity contribution in [1.29, 1.82) is 0 Å². The molecule has 0 saturated carbocycles. The SMILES string of the molecule is OCN(O)c1ccccc1. The second-order valence-corrected chi connectivity index (χ2v) is 1.88. The summed E-state index contributed by atoms with van der Waals surface area (Å²) in [6, 6.07) is 8.82. The van der Waals surface area contributed by atoms with Crippen LogP contribution in [0.5, 0.6) is 0 Å². The summed E-state index contributed by atoms with van der Waals surface area (Å²) in [5.41, 5.74) is 0.588. The molecule has 0 aliphatic heterocycles. The summed E-state index contributed by atoms with van der Waals surface area (Å²) in [6.07, 6.45) is 0. The quantitative estimate of drug-likeness (QED) is 0.471. The fraction of sp³-hybridized carbons (Fsp3) is 0.143. The monoisotopic (exact) mass is 139 g/mol. The zero-order valence-corrected chi connectivity index (χ0v) is 5.44. The van der Waals surface area contributed by atoms with Crippen molar-refractivity contribution in [2.24, 2.45) is 0 Å². The van der Waals surface area contributed by atoms with E-state index in [4.69, 9.17) is 10.3 Å². The van der Waals surface area contributed by atoms with Crippen LogP contribution in [0.25, 0.3) is 0 Å². The molecule has 0 fully saturated rings. The zero-order chi connectivity index (χ0) is 7.40. The van der Waals surface area contributed by atoms with Crippen LogP contribution in [0.2, 0.25) is 0 Å². The van der Waals surface area contributed by atoms with E-state index < -0.39 is 0 Å². The highest BCUT2D eigenvalue weighted by Crippen LogP contribution is 2.08. The van der Waals surface area contributed by atoms with Crippen molar-refractivity contribution in [2.75, 3.05) is 11.8 Å². The largest absolute Gasteiger partial charge is 0.374 e. The fourth-order valence-electron chi connectivity index (χ4n) is 0.682. The first-order chi connectivity index (χ1) is 4.84. The standard InChI is InChI=1S/C7H9NO2/c9-6-8(10)7-4-2-1-3-5-7/h1-5,9-10H,6H2. The van der Waals surface area contributed by atoms with Crippen LogP contribution in [-0.4, -0.2) is 17.0 Å². The number of rotatable bonds is 2.